The van der Waals surface area contributed by atoms with Crippen molar-refractivity contribution in [2.75, 3.05) is 0 Å². The Morgan fingerprint density at radius 3 is 2.75 bits per heavy atom. The van der Waals surface area contributed by atoms with Crippen LogP contribution < -0.4 is 10.2 Å². The lowest BCUT2D eigenvalue weighted by atomic mass is 9.79. The van der Waals surface area contributed by atoms with Gasteiger partial charge in [0.1, 0.15) is 18.2 Å². The second-order valence-corrected chi connectivity index (χ2v) is 4.44. The maximum Gasteiger partial charge on any atom is 0.492 e. The Hall–Kier alpha value is -1.86. The molecule has 0 radical (unpaired) electrons. The number of ether oxygens (including phenoxy) is 1. The highest BCUT2D eigenvalue weighted by molar-refractivity contribution is 6.59. The number of halogens is 1. The van der Waals surface area contributed by atoms with Crippen molar-refractivity contribution in [1.29, 1.82) is 0 Å². The molecular weight excluding hydrogens is 262 g/mol. The highest BCUT2D eigenvalue weighted by atomic mass is 19.1. The average molecular weight is 278 g/mol. The number of rotatable bonds is 5. The van der Waals surface area contributed by atoms with E-state index < -0.39 is 12.9 Å². The minimum absolute atomic E-state index is 0.113. The highest BCUT2D eigenvalue weighted by Crippen LogP contribution is 2.14. The quantitative estimate of drug-likeness (QED) is 0.786. The van der Waals surface area contributed by atoms with E-state index in [9.17, 15) is 14.4 Å². The van der Waals surface area contributed by atoms with Crippen LogP contribution in [-0.2, 0) is 13.2 Å². The molecule has 0 atom stereocenters. The molecule has 0 unspecified atom stereocenters. The van der Waals surface area contributed by atoms with Gasteiger partial charge in [-0.3, -0.25) is 4.68 Å². The number of hydrogen-bond acceptors (Lipinski definition) is 4. The van der Waals surface area contributed by atoms with Crippen molar-refractivity contribution >= 4 is 12.6 Å². The fourth-order valence-electron chi connectivity index (χ4n) is 1.99. The zero-order valence-corrected chi connectivity index (χ0v) is 11.4. The zero-order valence-electron chi connectivity index (χ0n) is 11.4. The molecular formula is C13H16BFN2O3. The predicted molar refractivity (Wildman–Crippen MR) is 73.2 cm³/mol. The van der Waals surface area contributed by atoms with Crippen LogP contribution in [0.15, 0.2) is 24.3 Å². The van der Waals surface area contributed by atoms with Crippen molar-refractivity contribution in [3.63, 3.8) is 0 Å². The second-order valence-electron chi connectivity index (χ2n) is 4.44. The van der Waals surface area contributed by atoms with Gasteiger partial charge in [0, 0.05) is 18.1 Å². The first kappa shape index (κ1) is 14.6. The van der Waals surface area contributed by atoms with Gasteiger partial charge < -0.3 is 14.8 Å². The number of nitrogens with zero attached hydrogens (tertiary/aromatic N) is 2. The molecule has 1 aromatic carbocycles. The molecule has 0 spiro atoms. The molecule has 2 aromatic rings. The van der Waals surface area contributed by atoms with E-state index in [-0.39, 0.29) is 17.8 Å². The van der Waals surface area contributed by atoms with Crippen LogP contribution in [0.4, 0.5) is 4.39 Å². The number of aryl methyl sites for hydroxylation is 2. The van der Waals surface area contributed by atoms with Crippen LogP contribution in [0.3, 0.4) is 0 Å². The summed E-state index contributed by atoms with van der Waals surface area (Å²) in [6, 6.07) is 5.45. The molecule has 1 aromatic heterocycles. The van der Waals surface area contributed by atoms with Crippen molar-refractivity contribution in [2.24, 2.45) is 0 Å². The third-order valence-corrected chi connectivity index (χ3v) is 2.91. The summed E-state index contributed by atoms with van der Waals surface area (Å²) in [6.45, 7) is 4.71. The predicted octanol–water partition coefficient (Wildman–Crippen LogP) is 0.609. The topological polar surface area (TPSA) is 67.5 Å². The summed E-state index contributed by atoms with van der Waals surface area (Å²) in [4.78, 5) is 0. The smallest absolute Gasteiger partial charge is 0.488 e. The molecule has 5 nitrogen and oxygen atoms in total. The van der Waals surface area contributed by atoms with Crippen LogP contribution in [0.5, 0.6) is 5.75 Å². The van der Waals surface area contributed by atoms with Crippen LogP contribution in [0, 0.1) is 12.7 Å². The van der Waals surface area contributed by atoms with Crippen molar-refractivity contribution in [3.8, 4) is 5.75 Å². The Morgan fingerprint density at radius 1 is 1.35 bits per heavy atom. The summed E-state index contributed by atoms with van der Waals surface area (Å²) in [6.07, 6.45) is 0. The van der Waals surface area contributed by atoms with Crippen molar-refractivity contribution in [2.45, 2.75) is 27.0 Å². The Bertz CT molecular complexity index is 601. The van der Waals surface area contributed by atoms with Crippen LogP contribution in [-0.4, -0.2) is 26.9 Å². The molecule has 1 heterocycles. The first-order valence-corrected chi connectivity index (χ1v) is 6.33. The Labute approximate surface area is 116 Å². The first-order chi connectivity index (χ1) is 9.51. The van der Waals surface area contributed by atoms with Crippen LogP contribution in [0.1, 0.15) is 18.3 Å². The van der Waals surface area contributed by atoms with Gasteiger partial charge >= 0.3 is 7.12 Å². The minimum Gasteiger partial charge on any atom is -0.488 e. The Morgan fingerprint density at radius 2 is 2.10 bits per heavy atom. The Balaban J connectivity index is 2.20. The zero-order chi connectivity index (χ0) is 14.7. The fourth-order valence-corrected chi connectivity index (χ4v) is 1.99. The summed E-state index contributed by atoms with van der Waals surface area (Å²) >= 11 is 0. The van der Waals surface area contributed by atoms with E-state index in [1.807, 2.05) is 19.9 Å². The van der Waals surface area contributed by atoms with Gasteiger partial charge in [-0.1, -0.05) is 6.07 Å². The van der Waals surface area contributed by atoms with E-state index in [1.54, 1.807) is 4.68 Å². The van der Waals surface area contributed by atoms with Gasteiger partial charge in [-0.15, -0.1) is 0 Å². The third kappa shape index (κ3) is 3.18. The SMILES string of the molecule is CCn1nc(C)cc1COc1cc(F)ccc1B(O)O. The van der Waals surface area contributed by atoms with Gasteiger partial charge in [-0.05, 0) is 26.0 Å². The lowest BCUT2D eigenvalue weighted by Gasteiger charge is -2.11. The van der Waals surface area contributed by atoms with E-state index in [2.05, 4.69) is 5.10 Å². The fraction of sp³-hybridized carbons (Fsp3) is 0.308. The molecule has 0 bridgehead atoms. The highest BCUT2D eigenvalue weighted by Gasteiger charge is 2.18. The van der Waals surface area contributed by atoms with Gasteiger partial charge in [-0.25, -0.2) is 4.39 Å². The van der Waals surface area contributed by atoms with Gasteiger partial charge in [-0.2, -0.15) is 5.10 Å². The molecule has 106 valence electrons. The summed E-state index contributed by atoms with van der Waals surface area (Å²) in [7, 11) is -1.71. The maximum atomic E-state index is 13.2. The molecule has 0 aliphatic heterocycles. The van der Waals surface area contributed by atoms with Crippen molar-refractivity contribution < 1.29 is 19.2 Å². The summed E-state index contributed by atoms with van der Waals surface area (Å²) in [5, 5.41) is 22.7. The summed E-state index contributed by atoms with van der Waals surface area (Å²) in [5.74, 6) is -0.383. The largest absolute Gasteiger partial charge is 0.492 e. The molecule has 0 aliphatic rings. The normalized spacial score (nSPS) is 10.7. The van der Waals surface area contributed by atoms with E-state index in [0.717, 1.165) is 23.5 Å². The maximum absolute atomic E-state index is 13.2. The van der Waals surface area contributed by atoms with E-state index in [4.69, 9.17) is 4.74 Å². The monoisotopic (exact) mass is 278 g/mol. The lowest BCUT2D eigenvalue weighted by molar-refractivity contribution is 0.291. The average Bonchev–Trinajstić information content (AvgIpc) is 2.76. The van der Waals surface area contributed by atoms with Crippen LogP contribution in [0.25, 0.3) is 0 Å². The van der Waals surface area contributed by atoms with Crippen molar-refractivity contribution in [1.82, 2.24) is 9.78 Å². The molecule has 0 fully saturated rings. The van der Waals surface area contributed by atoms with Gasteiger partial charge in [0.2, 0.25) is 0 Å². The number of benzene rings is 1. The molecule has 20 heavy (non-hydrogen) atoms. The van der Waals surface area contributed by atoms with Gasteiger partial charge in [0.25, 0.3) is 0 Å². The van der Waals surface area contributed by atoms with Crippen molar-refractivity contribution in [3.05, 3.63) is 41.5 Å². The molecule has 0 saturated heterocycles. The third-order valence-electron chi connectivity index (χ3n) is 2.91. The standard InChI is InChI=1S/C13H16BFN2O3/c1-3-17-11(6-9(2)16-17)8-20-13-7-10(15)4-5-12(13)14(18)19/h4-7,18-19H,3,8H2,1-2H3. The molecule has 0 amide bonds. The first-order valence-electron chi connectivity index (χ1n) is 6.33. The van der Waals surface area contributed by atoms with Gasteiger partial charge in [0.15, 0.2) is 0 Å². The molecule has 2 N–H and O–H groups in total. The van der Waals surface area contributed by atoms with E-state index in [0.29, 0.717) is 6.54 Å². The summed E-state index contributed by atoms with van der Waals surface area (Å²) < 4.78 is 20.5. The number of hydrogen-bond donors (Lipinski definition) is 2. The second kappa shape index (κ2) is 6.07. The summed E-state index contributed by atoms with van der Waals surface area (Å²) in [5.41, 5.74) is 1.84. The molecule has 0 saturated carbocycles. The van der Waals surface area contributed by atoms with Gasteiger partial charge in [0.05, 0.1) is 11.4 Å². The molecule has 7 heteroatoms. The van der Waals surface area contributed by atoms with E-state index in [1.165, 1.54) is 6.07 Å². The van der Waals surface area contributed by atoms with Crippen LogP contribution >= 0.6 is 0 Å². The Kier molecular flexibility index (Phi) is 4.41. The van der Waals surface area contributed by atoms with Crippen LogP contribution in [0.2, 0.25) is 0 Å². The van der Waals surface area contributed by atoms with E-state index >= 15 is 0 Å². The lowest BCUT2D eigenvalue weighted by Crippen LogP contribution is -2.31. The number of aromatic nitrogens is 2. The molecule has 0 aliphatic carbocycles. The minimum atomic E-state index is -1.71. The molecule has 2 rings (SSSR count).